The molecule has 0 bridgehead atoms. The molecule has 0 atom stereocenters. The van der Waals surface area contributed by atoms with Crippen molar-refractivity contribution in [2.24, 2.45) is 5.92 Å². The minimum atomic E-state index is -0.639. The Morgan fingerprint density at radius 1 is 0.944 bits per heavy atom. The van der Waals surface area contributed by atoms with Crippen LogP contribution in [0.5, 0.6) is 0 Å². The maximum absolute atomic E-state index is 11.6. The first-order valence-electron chi connectivity index (χ1n) is 6.25. The van der Waals surface area contributed by atoms with Crippen LogP contribution in [-0.4, -0.2) is 11.9 Å². The molecule has 0 saturated heterocycles. The van der Waals surface area contributed by atoms with Crippen molar-refractivity contribution in [1.82, 2.24) is 0 Å². The fourth-order valence-corrected chi connectivity index (χ4v) is 2.11. The van der Waals surface area contributed by atoms with Gasteiger partial charge in [-0.15, -0.1) is 0 Å². The van der Waals surface area contributed by atoms with Crippen LogP contribution >= 0.6 is 0 Å². The second-order valence-corrected chi connectivity index (χ2v) is 4.47. The summed E-state index contributed by atoms with van der Waals surface area (Å²) in [5.74, 6) is -1.19. The first-order valence-corrected chi connectivity index (χ1v) is 6.25. The van der Waals surface area contributed by atoms with Gasteiger partial charge in [0.05, 0.1) is 11.5 Å². The van der Waals surface area contributed by atoms with Gasteiger partial charge in [0.2, 0.25) is 0 Å². The third-order valence-corrected chi connectivity index (χ3v) is 3.15. The summed E-state index contributed by atoms with van der Waals surface area (Å²) in [6.45, 7) is 0. The normalized spacial score (nSPS) is 16.0. The van der Waals surface area contributed by atoms with E-state index in [0.717, 1.165) is 32.1 Å². The minimum absolute atomic E-state index is 0.123. The average Bonchev–Trinajstić information content (AvgIpc) is 2.46. The molecular formula is C14H16O4. The standard InChI is InChI=1S/C14H16O4/c15-13(11-7-3-1-4-8-11)17-18-14(16)12-9-5-2-6-10-12/h1,3-4,7-8,12H,2,5-6,9-10H2. The predicted molar refractivity (Wildman–Crippen MR) is 64.5 cm³/mol. The smallest absolute Gasteiger partial charge is 0.247 e. The van der Waals surface area contributed by atoms with Gasteiger partial charge in [0.25, 0.3) is 0 Å². The lowest BCUT2D eigenvalue weighted by Crippen LogP contribution is -2.22. The average molecular weight is 248 g/mol. The van der Waals surface area contributed by atoms with Gasteiger partial charge in [-0.05, 0) is 25.0 Å². The Balaban J connectivity index is 1.80. The Labute approximate surface area is 106 Å². The van der Waals surface area contributed by atoms with Crippen LogP contribution in [0.4, 0.5) is 0 Å². The third-order valence-electron chi connectivity index (χ3n) is 3.15. The molecule has 1 aromatic rings. The molecule has 1 aromatic carbocycles. The van der Waals surface area contributed by atoms with Gasteiger partial charge >= 0.3 is 11.9 Å². The Kier molecular flexibility index (Phi) is 4.34. The molecule has 1 fully saturated rings. The molecule has 0 aliphatic heterocycles. The topological polar surface area (TPSA) is 52.6 Å². The summed E-state index contributed by atoms with van der Waals surface area (Å²) in [5, 5.41) is 0. The summed E-state index contributed by atoms with van der Waals surface area (Å²) < 4.78 is 0. The summed E-state index contributed by atoms with van der Waals surface area (Å²) in [6, 6.07) is 8.46. The van der Waals surface area contributed by atoms with E-state index >= 15 is 0 Å². The lowest BCUT2D eigenvalue weighted by molar-refractivity contribution is -0.239. The summed E-state index contributed by atoms with van der Waals surface area (Å²) in [5.41, 5.74) is 0.369. The Morgan fingerprint density at radius 3 is 2.28 bits per heavy atom. The van der Waals surface area contributed by atoms with Gasteiger partial charge in [-0.2, -0.15) is 0 Å². The number of benzene rings is 1. The van der Waals surface area contributed by atoms with Crippen molar-refractivity contribution < 1.29 is 19.4 Å². The highest BCUT2D eigenvalue weighted by Gasteiger charge is 2.24. The molecule has 4 nitrogen and oxygen atoms in total. The summed E-state index contributed by atoms with van der Waals surface area (Å²) in [4.78, 5) is 32.3. The zero-order valence-electron chi connectivity index (χ0n) is 10.1. The van der Waals surface area contributed by atoms with E-state index in [4.69, 9.17) is 0 Å². The molecule has 96 valence electrons. The van der Waals surface area contributed by atoms with Crippen molar-refractivity contribution in [1.29, 1.82) is 0 Å². The maximum atomic E-state index is 11.6. The molecule has 0 spiro atoms. The van der Waals surface area contributed by atoms with Crippen LogP contribution in [0.15, 0.2) is 30.3 Å². The van der Waals surface area contributed by atoms with E-state index in [0.29, 0.717) is 5.56 Å². The van der Waals surface area contributed by atoms with E-state index in [1.807, 2.05) is 0 Å². The first-order chi connectivity index (χ1) is 8.77. The number of carbonyl (C=O) groups is 2. The largest absolute Gasteiger partial charge is 0.386 e. The van der Waals surface area contributed by atoms with Crippen molar-refractivity contribution in [2.75, 3.05) is 0 Å². The zero-order chi connectivity index (χ0) is 12.8. The minimum Gasteiger partial charge on any atom is -0.247 e. The third kappa shape index (κ3) is 3.32. The molecule has 4 heteroatoms. The number of hydrogen-bond donors (Lipinski definition) is 0. The van der Waals surface area contributed by atoms with Crippen LogP contribution in [-0.2, 0) is 14.6 Å². The van der Waals surface area contributed by atoms with Crippen molar-refractivity contribution in [3.63, 3.8) is 0 Å². The lowest BCUT2D eigenvalue weighted by Gasteiger charge is -2.18. The van der Waals surface area contributed by atoms with Crippen LogP contribution in [0.1, 0.15) is 42.5 Å². The zero-order valence-corrected chi connectivity index (χ0v) is 10.1. The maximum Gasteiger partial charge on any atom is 0.386 e. The van der Waals surface area contributed by atoms with Crippen LogP contribution in [0.3, 0.4) is 0 Å². The molecular weight excluding hydrogens is 232 g/mol. The van der Waals surface area contributed by atoms with Gasteiger partial charge in [-0.1, -0.05) is 37.5 Å². The Bertz CT molecular complexity index is 407. The monoisotopic (exact) mass is 248 g/mol. The molecule has 18 heavy (non-hydrogen) atoms. The SMILES string of the molecule is O=C(OOC(=O)C1CCCCC1)c1ccccc1. The van der Waals surface area contributed by atoms with Gasteiger partial charge in [0.1, 0.15) is 0 Å². The number of rotatable bonds is 2. The van der Waals surface area contributed by atoms with E-state index in [2.05, 4.69) is 9.78 Å². The van der Waals surface area contributed by atoms with E-state index < -0.39 is 11.9 Å². The second kappa shape index (κ2) is 6.19. The molecule has 0 N–H and O–H groups in total. The molecule has 1 aliphatic carbocycles. The van der Waals surface area contributed by atoms with E-state index in [1.165, 1.54) is 0 Å². The highest BCUT2D eigenvalue weighted by Crippen LogP contribution is 2.24. The van der Waals surface area contributed by atoms with Crippen molar-refractivity contribution in [3.8, 4) is 0 Å². The van der Waals surface area contributed by atoms with E-state index in [1.54, 1.807) is 30.3 Å². The van der Waals surface area contributed by atoms with Crippen molar-refractivity contribution >= 4 is 11.9 Å². The highest BCUT2D eigenvalue weighted by molar-refractivity contribution is 5.89. The van der Waals surface area contributed by atoms with E-state index in [-0.39, 0.29) is 5.92 Å². The molecule has 0 amide bonds. The van der Waals surface area contributed by atoms with Crippen LogP contribution < -0.4 is 0 Å². The fraction of sp³-hybridized carbons (Fsp3) is 0.429. The molecule has 0 radical (unpaired) electrons. The lowest BCUT2D eigenvalue weighted by atomic mass is 9.89. The summed E-state index contributed by atoms with van der Waals surface area (Å²) >= 11 is 0. The predicted octanol–water partition coefficient (Wildman–Crippen LogP) is 2.88. The van der Waals surface area contributed by atoms with Crippen LogP contribution in [0.2, 0.25) is 0 Å². The Hall–Kier alpha value is -1.84. The second-order valence-electron chi connectivity index (χ2n) is 4.47. The van der Waals surface area contributed by atoms with Gasteiger partial charge in [-0.25, -0.2) is 19.4 Å². The van der Waals surface area contributed by atoms with Crippen molar-refractivity contribution in [2.45, 2.75) is 32.1 Å². The molecule has 0 unspecified atom stereocenters. The first kappa shape index (κ1) is 12.6. The molecule has 1 aliphatic rings. The van der Waals surface area contributed by atoms with Gasteiger partial charge < -0.3 is 0 Å². The van der Waals surface area contributed by atoms with Gasteiger partial charge in [-0.3, -0.25) is 0 Å². The summed E-state index contributed by atoms with van der Waals surface area (Å²) in [7, 11) is 0. The fourth-order valence-electron chi connectivity index (χ4n) is 2.11. The highest BCUT2D eigenvalue weighted by atomic mass is 17.2. The Morgan fingerprint density at radius 2 is 1.61 bits per heavy atom. The van der Waals surface area contributed by atoms with Crippen LogP contribution in [0, 0.1) is 5.92 Å². The van der Waals surface area contributed by atoms with E-state index in [9.17, 15) is 9.59 Å². The molecule has 0 heterocycles. The summed E-state index contributed by atoms with van der Waals surface area (Å²) in [6.07, 6.45) is 4.87. The number of carbonyl (C=O) groups excluding carboxylic acids is 2. The molecule has 2 rings (SSSR count). The van der Waals surface area contributed by atoms with Crippen molar-refractivity contribution in [3.05, 3.63) is 35.9 Å². The van der Waals surface area contributed by atoms with Gasteiger partial charge in [0.15, 0.2) is 0 Å². The molecule has 1 saturated carbocycles. The number of hydrogen-bond acceptors (Lipinski definition) is 4. The van der Waals surface area contributed by atoms with Gasteiger partial charge in [0, 0.05) is 0 Å². The molecule has 0 aromatic heterocycles. The quantitative estimate of drug-likeness (QED) is 0.596. The van der Waals surface area contributed by atoms with Crippen LogP contribution in [0.25, 0.3) is 0 Å².